The fourth-order valence-corrected chi connectivity index (χ4v) is 3.42. The van der Waals surface area contributed by atoms with Gasteiger partial charge in [0, 0.05) is 38.3 Å². The second-order valence-electron chi connectivity index (χ2n) is 8.81. The number of amides is 2. The maximum Gasteiger partial charge on any atom is 0.315 e. The monoisotopic (exact) mass is 406 g/mol. The number of benzene rings is 1. The van der Waals surface area contributed by atoms with Crippen LogP contribution in [0.3, 0.4) is 0 Å². The Labute approximate surface area is 175 Å². The van der Waals surface area contributed by atoms with Crippen molar-refractivity contribution in [2.75, 3.05) is 46.9 Å². The maximum atomic E-state index is 12.3. The lowest BCUT2D eigenvalue weighted by molar-refractivity contribution is -0.0947. The summed E-state index contributed by atoms with van der Waals surface area (Å²) >= 11 is 0. The Morgan fingerprint density at radius 3 is 2.59 bits per heavy atom. The van der Waals surface area contributed by atoms with Gasteiger partial charge in [-0.2, -0.15) is 0 Å². The van der Waals surface area contributed by atoms with E-state index in [1.54, 1.807) is 0 Å². The molecule has 0 aliphatic carbocycles. The first kappa shape index (κ1) is 23.4. The number of rotatable bonds is 9. The van der Waals surface area contributed by atoms with Gasteiger partial charge in [0.2, 0.25) is 0 Å². The molecule has 7 nitrogen and oxygen atoms in total. The fraction of sp³-hybridized carbons (Fsp3) is 0.682. The van der Waals surface area contributed by atoms with Crippen molar-refractivity contribution in [3.05, 3.63) is 29.8 Å². The van der Waals surface area contributed by atoms with Crippen LogP contribution in [0.4, 0.5) is 4.79 Å². The van der Waals surface area contributed by atoms with Crippen molar-refractivity contribution in [1.29, 1.82) is 0 Å². The molecule has 1 aliphatic heterocycles. The van der Waals surface area contributed by atoms with Gasteiger partial charge in [0.25, 0.3) is 0 Å². The van der Waals surface area contributed by atoms with Crippen LogP contribution in [-0.2, 0) is 11.3 Å². The Morgan fingerprint density at radius 2 is 1.93 bits per heavy atom. The second-order valence-corrected chi connectivity index (χ2v) is 8.81. The number of ether oxygens (including phenoxy) is 2. The number of carbonyl (C=O) groups excluding carboxylic acids is 1. The molecule has 2 amide bonds. The SMILES string of the molecule is CC1CN(C(C)(C)CNC(=O)NCc2cccc(OCCN(C)C)c2)CC(C)O1. The molecular weight excluding hydrogens is 368 g/mol. The first-order valence-electron chi connectivity index (χ1n) is 10.4. The fourth-order valence-electron chi connectivity index (χ4n) is 3.42. The van der Waals surface area contributed by atoms with Crippen LogP contribution in [-0.4, -0.2) is 80.5 Å². The van der Waals surface area contributed by atoms with E-state index in [4.69, 9.17) is 9.47 Å². The van der Waals surface area contributed by atoms with Crippen molar-refractivity contribution < 1.29 is 14.3 Å². The zero-order valence-electron chi connectivity index (χ0n) is 18.8. The molecule has 0 aromatic heterocycles. The van der Waals surface area contributed by atoms with Crippen molar-refractivity contribution in [2.24, 2.45) is 0 Å². The van der Waals surface area contributed by atoms with Gasteiger partial charge in [-0.3, -0.25) is 4.90 Å². The van der Waals surface area contributed by atoms with Crippen molar-refractivity contribution in [3.8, 4) is 5.75 Å². The van der Waals surface area contributed by atoms with Crippen LogP contribution < -0.4 is 15.4 Å². The summed E-state index contributed by atoms with van der Waals surface area (Å²) in [6.07, 6.45) is 0.415. The highest BCUT2D eigenvalue weighted by Gasteiger charge is 2.33. The summed E-state index contributed by atoms with van der Waals surface area (Å²) in [5.74, 6) is 0.822. The molecule has 0 saturated carbocycles. The molecule has 0 spiro atoms. The molecular formula is C22H38N4O3. The molecule has 29 heavy (non-hydrogen) atoms. The van der Waals surface area contributed by atoms with E-state index in [0.717, 1.165) is 30.9 Å². The molecule has 1 aromatic carbocycles. The third kappa shape index (κ3) is 8.20. The van der Waals surface area contributed by atoms with E-state index >= 15 is 0 Å². The van der Waals surface area contributed by atoms with Gasteiger partial charge in [-0.25, -0.2) is 4.79 Å². The van der Waals surface area contributed by atoms with E-state index in [-0.39, 0.29) is 23.8 Å². The van der Waals surface area contributed by atoms with Gasteiger partial charge >= 0.3 is 6.03 Å². The zero-order chi connectivity index (χ0) is 21.4. The topological polar surface area (TPSA) is 66.1 Å². The van der Waals surface area contributed by atoms with Crippen molar-refractivity contribution in [2.45, 2.75) is 52.0 Å². The van der Waals surface area contributed by atoms with E-state index in [2.05, 4.69) is 48.1 Å². The molecule has 0 bridgehead atoms. The molecule has 1 heterocycles. The Kier molecular flexibility index (Phi) is 8.74. The minimum atomic E-state index is -0.161. The molecule has 2 N–H and O–H groups in total. The van der Waals surface area contributed by atoms with Gasteiger partial charge < -0.3 is 25.0 Å². The minimum Gasteiger partial charge on any atom is -0.492 e. The molecule has 7 heteroatoms. The smallest absolute Gasteiger partial charge is 0.315 e. The van der Waals surface area contributed by atoms with E-state index in [1.165, 1.54) is 0 Å². The van der Waals surface area contributed by atoms with E-state index in [0.29, 0.717) is 19.7 Å². The van der Waals surface area contributed by atoms with Crippen LogP contribution >= 0.6 is 0 Å². The molecule has 164 valence electrons. The number of hydrogen-bond donors (Lipinski definition) is 2. The van der Waals surface area contributed by atoms with Crippen LogP contribution in [0.2, 0.25) is 0 Å². The van der Waals surface area contributed by atoms with Crippen LogP contribution in [0.15, 0.2) is 24.3 Å². The Balaban J connectivity index is 1.76. The molecule has 0 radical (unpaired) electrons. The number of urea groups is 1. The lowest BCUT2D eigenvalue weighted by Gasteiger charge is -2.45. The minimum absolute atomic E-state index is 0.135. The van der Waals surface area contributed by atoms with Crippen molar-refractivity contribution in [1.82, 2.24) is 20.4 Å². The third-order valence-electron chi connectivity index (χ3n) is 5.12. The van der Waals surface area contributed by atoms with Gasteiger partial charge in [-0.05, 0) is 59.5 Å². The first-order chi connectivity index (χ1) is 13.7. The molecule has 1 fully saturated rings. The van der Waals surface area contributed by atoms with E-state index in [9.17, 15) is 4.79 Å². The summed E-state index contributed by atoms with van der Waals surface area (Å²) in [5.41, 5.74) is 0.877. The predicted octanol–water partition coefficient (Wildman–Crippen LogP) is 2.31. The van der Waals surface area contributed by atoms with Gasteiger partial charge in [0.1, 0.15) is 12.4 Å². The average Bonchev–Trinajstić information content (AvgIpc) is 2.64. The van der Waals surface area contributed by atoms with Crippen LogP contribution in [0, 0.1) is 0 Å². The second kappa shape index (κ2) is 10.8. The largest absolute Gasteiger partial charge is 0.492 e. The summed E-state index contributed by atoms with van der Waals surface area (Å²) in [6, 6.07) is 7.68. The highest BCUT2D eigenvalue weighted by molar-refractivity contribution is 5.73. The van der Waals surface area contributed by atoms with E-state index < -0.39 is 0 Å². The average molecular weight is 407 g/mol. The predicted molar refractivity (Wildman–Crippen MR) is 116 cm³/mol. The summed E-state index contributed by atoms with van der Waals surface area (Å²) in [4.78, 5) is 16.8. The Bertz CT molecular complexity index is 641. The van der Waals surface area contributed by atoms with Gasteiger partial charge in [-0.15, -0.1) is 0 Å². The number of likely N-dealkylation sites (N-methyl/N-ethyl adjacent to an activating group) is 1. The third-order valence-corrected chi connectivity index (χ3v) is 5.12. The first-order valence-corrected chi connectivity index (χ1v) is 10.4. The normalized spacial score (nSPS) is 20.5. The summed E-state index contributed by atoms with van der Waals surface area (Å²) in [5, 5.41) is 5.95. The zero-order valence-corrected chi connectivity index (χ0v) is 18.8. The molecule has 2 atom stereocenters. The Morgan fingerprint density at radius 1 is 1.24 bits per heavy atom. The van der Waals surface area contributed by atoms with Crippen LogP contribution in [0.1, 0.15) is 33.3 Å². The number of carbonyl (C=O) groups is 1. The van der Waals surface area contributed by atoms with Crippen LogP contribution in [0.5, 0.6) is 5.75 Å². The molecule has 2 unspecified atom stereocenters. The summed E-state index contributed by atoms with van der Waals surface area (Å²) in [6.45, 7) is 12.8. The van der Waals surface area contributed by atoms with E-state index in [1.807, 2.05) is 38.4 Å². The number of nitrogens with one attached hydrogen (secondary N) is 2. The summed E-state index contributed by atoms with van der Waals surface area (Å²) in [7, 11) is 4.04. The number of morpholine rings is 1. The lowest BCUT2D eigenvalue weighted by atomic mass is 10.00. The van der Waals surface area contributed by atoms with Crippen molar-refractivity contribution >= 4 is 6.03 Å². The van der Waals surface area contributed by atoms with Gasteiger partial charge in [0.05, 0.1) is 12.2 Å². The molecule has 1 aliphatic rings. The highest BCUT2D eigenvalue weighted by atomic mass is 16.5. The Hall–Kier alpha value is -1.83. The lowest BCUT2D eigenvalue weighted by Crippen LogP contribution is -2.59. The standard InChI is InChI=1S/C22H38N4O3/c1-17-14-26(15-18(2)29-17)22(3,4)16-24-21(27)23-13-19-8-7-9-20(12-19)28-11-10-25(5)6/h7-9,12,17-18H,10-11,13-16H2,1-6H3,(H2,23,24,27). The number of nitrogens with zero attached hydrogens (tertiary/aromatic N) is 2. The highest BCUT2D eigenvalue weighted by Crippen LogP contribution is 2.20. The van der Waals surface area contributed by atoms with Gasteiger partial charge in [-0.1, -0.05) is 12.1 Å². The molecule has 2 rings (SSSR count). The van der Waals surface area contributed by atoms with Crippen molar-refractivity contribution in [3.63, 3.8) is 0 Å². The molecule has 1 saturated heterocycles. The van der Waals surface area contributed by atoms with Crippen LogP contribution in [0.25, 0.3) is 0 Å². The summed E-state index contributed by atoms with van der Waals surface area (Å²) < 4.78 is 11.6. The maximum absolute atomic E-state index is 12.3. The number of hydrogen-bond acceptors (Lipinski definition) is 5. The quantitative estimate of drug-likeness (QED) is 0.659. The molecule has 1 aromatic rings. The van der Waals surface area contributed by atoms with Gasteiger partial charge in [0.15, 0.2) is 0 Å².